The Morgan fingerprint density at radius 3 is 3.04 bits per heavy atom. The van der Waals surface area contributed by atoms with Crippen LogP contribution in [0.25, 0.3) is 0 Å². The van der Waals surface area contributed by atoms with Crippen molar-refractivity contribution in [1.82, 2.24) is 25.1 Å². The van der Waals surface area contributed by atoms with Gasteiger partial charge in [-0.1, -0.05) is 13.3 Å². The van der Waals surface area contributed by atoms with Crippen LogP contribution >= 0.6 is 0 Å². The molecule has 1 aliphatic heterocycles. The predicted octanol–water partition coefficient (Wildman–Crippen LogP) is 3.24. The number of aryl methyl sites for hydroxylation is 2. The molecule has 2 N–H and O–H groups in total. The van der Waals surface area contributed by atoms with Crippen molar-refractivity contribution < 1.29 is 0 Å². The van der Waals surface area contributed by atoms with Crippen LogP contribution in [-0.4, -0.2) is 38.2 Å². The first-order valence-electron chi connectivity index (χ1n) is 8.98. The summed E-state index contributed by atoms with van der Waals surface area (Å²) in [5.74, 6) is 1.87. The highest BCUT2D eigenvalue weighted by Gasteiger charge is 2.21. The fraction of sp³-hybridized carbons (Fsp3) is 0.667. The third-order valence-electron chi connectivity index (χ3n) is 4.87. The van der Waals surface area contributed by atoms with Crippen molar-refractivity contribution >= 4 is 0 Å². The molecule has 5 nitrogen and oxygen atoms in total. The van der Waals surface area contributed by atoms with Gasteiger partial charge in [0.05, 0.1) is 6.20 Å². The average Bonchev–Trinajstić information content (AvgIpc) is 3.15. The van der Waals surface area contributed by atoms with Gasteiger partial charge in [0.2, 0.25) is 0 Å². The number of imidazole rings is 1. The minimum Gasteiger partial charge on any atom is -0.345 e. The zero-order chi connectivity index (χ0) is 16.1. The highest BCUT2D eigenvalue weighted by Crippen LogP contribution is 2.22. The van der Waals surface area contributed by atoms with Gasteiger partial charge in [-0.3, -0.25) is 10.00 Å². The summed E-state index contributed by atoms with van der Waals surface area (Å²) >= 11 is 0. The molecule has 3 rings (SSSR count). The van der Waals surface area contributed by atoms with Gasteiger partial charge < -0.3 is 4.98 Å². The van der Waals surface area contributed by atoms with E-state index in [1.165, 1.54) is 55.7 Å². The lowest BCUT2D eigenvalue weighted by molar-refractivity contribution is 0.165. The Balaban J connectivity index is 1.52. The molecule has 0 aromatic carbocycles. The second-order valence-electron chi connectivity index (χ2n) is 6.94. The first-order valence-corrected chi connectivity index (χ1v) is 8.98. The summed E-state index contributed by atoms with van der Waals surface area (Å²) in [4.78, 5) is 10.6. The van der Waals surface area contributed by atoms with E-state index in [0.29, 0.717) is 0 Å². The van der Waals surface area contributed by atoms with E-state index in [1.54, 1.807) is 0 Å². The summed E-state index contributed by atoms with van der Waals surface area (Å²) in [7, 11) is 0. The van der Waals surface area contributed by atoms with Crippen LogP contribution < -0.4 is 0 Å². The number of H-pyrrole nitrogens is 2. The lowest BCUT2D eigenvalue weighted by Crippen LogP contribution is -2.36. The number of aromatic nitrogens is 4. The predicted molar refractivity (Wildman–Crippen MR) is 92.2 cm³/mol. The summed E-state index contributed by atoms with van der Waals surface area (Å²) < 4.78 is 0. The molecule has 0 saturated carbocycles. The zero-order valence-corrected chi connectivity index (χ0v) is 14.4. The molecule has 1 aliphatic rings. The summed E-state index contributed by atoms with van der Waals surface area (Å²) in [6, 6.07) is 0. The minimum atomic E-state index is 0.727. The number of nitrogens with zero attached hydrogens (tertiary/aromatic N) is 3. The second kappa shape index (κ2) is 7.77. The number of hydrogen-bond donors (Lipinski definition) is 2. The molecule has 5 heteroatoms. The SMILES string of the molecule is CCCCc1ncc(CN2CCC[C@H](Cc3[nH]ncc3C)C2)[nH]1. The van der Waals surface area contributed by atoms with Crippen LogP contribution in [0.15, 0.2) is 12.4 Å². The van der Waals surface area contributed by atoms with Crippen LogP contribution in [0.4, 0.5) is 0 Å². The highest BCUT2D eigenvalue weighted by molar-refractivity contribution is 5.14. The molecule has 3 heterocycles. The Kier molecular flexibility index (Phi) is 5.49. The average molecular weight is 315 g/mol. The van der Waals surface area contributed by atoms with Crippen LogP contribution in [0.5, 0.6) is 0 Å². The van der Waals surface area contributed by atoms with Crippen LogP contribution in [0.2, 0.25) is 0 Å². The molecule has 0 radical (unpaired) electrons. The number of likely N-dealkylation sites (tertiary alicyclic amines) is 1. The van der Waals surface area contributed by atoms with Crippen LogP contribution in [0.3, 0.4) is 0 Å². The van der Waals surface area contributed by atoms with Gasteiger partial charge in [0.1, 0.15) is 5.82 Å². The summed E-state index contributed by atoms with van der Waals surface area (Å²) in [6.07, 6.45) is 11.2. The van der Waals surface area contributed by atoms with Crippen LogP contribution in [0.1, 0.15) is 55.4 Å². The topological polar surface area (TPSA) is 60.6 Å². The molecule has 23 heavy (non-hydrogen) atoms. The molecule has 1 saturated heterocycles. The molecule has 0 aliphatic carbocycles. The van der Waals surface area contributed by atoms with Gasteiger partial charge in [0.15, 0.2) is 0 Å². The maximum absolute atomic E-state index is 4.52. The summed E-state index contributed by atoms with van der Waals surface area (Å²) in [5, 5.41) is 7.30. The zero-order valence-electron chi connectivity index (χ0n) is 14.4. The third kappa shape index (κ3) is 4.44. The van der Waals surface area contributed by atoms with E-state index < -0.39 is 0 Å². The van der Waals surface area contributed by atoms with Crippen molar-refractivity contribution in [2.75, 3.05) is 13.1 Å². The number of piperidine rings is 1. The Bertz CT molecular complexity index is 600. The molecule has 2 aromatic heterocycles. The summed E-state index contributed by atoms with van der Waals surface area (Å²) in [5.41, 5.74) is 3.85. The van der Waals surface area contributed by atoms with Gasteiger partial charge >= 0.3 is 0 Å². The van der Waals surface area contributed by atoms with Gasteiger partial charge in [-0.15, -0.1) is 0 Å². The Hall–Kier alpha value is -1.62. The largest absolute Gasteiger partial charge is 0.345 e. The van der Waals surface area contributed by atoms with Crippen molar-refractivity contribution in [3.63, 3.8) is 0 Å². The lowest BCUT2D eigenvalue weighted by Gasteiger charge is -2.32. The van der Waals surface area contributed by atoms with E-state index in [-0.39, 0.29) is 0 Å². The number of nitrogens with one attached hydrogen (secondary N) is 2. The molecule has 126 valence electrons. The van der Waals surface area contributed by atoms with Crippen LogP contribution in [0, 0.1) is 12.8 Å². The lowest BCUT2D eigenvalue weighted by atomic mass is 9.92. The molecule has 0 amide bonds. The molecule has 0 spiro atoms. The first kappa shape index (κ1) is 16.2. The van der Waals surface area contributed by atoms with E-state index >= 15 is 0 Å². The monoisotopic (exact) mass is 315 g/mol. The van der Waals surface area contributed by atoms with E-state index in [1.807, 2.05) is 12.4 Å². The van der Waals surface area contributed by atoms with Crippen molar-refractivity contribution in [2.45, 2.75) is 58.9 Å². The smallest absolute Gasteiger partial charge is 0.106 e. The van der Waals surface area contributed by atoms with E-state index in [9.17, 15) is 0 Å². The maximum atomic E-state index is 4.52. The fourth-order valence-electron chi connectivity index (χ4n) is 3.53. The minimum absolute atomic E-state index is 0.727. The molecular weight excluding hydrogens is 286 g/mol. The van der Waals surface area contributed by atoms with Crippen LogP contribution in [-0.2, 0) is 19.4 Å². The normalized spacial score (nSPS) is 19.3. The quantitative estimate of drug-likeness (QED) is 0.824. The number of unbranched alkanes of at least 4 members (excludes halogenated alkanes) is 1. The summed E-state index contributed by atoms with van der Waals surface area (Å²) in [6.45, 7) is 7.72. The third-order valence-corrected chi connectivity index (χ3v) is 4.87. The van der Waals surface area contributed by atoms with Gasteiger partial charge in [-0.25, -0.2) is 4.98 Å². The number of rotatable bonds is 7. The number of hydrogen-bond acceptors (Lipinski definition) is 3. The molecule has 1 fully saturated rings. The van der Waals surface area contributed by atoms with E-state index in [4.69, 9.17) is 0 Å². The fourth-order valence-corrected chi connectivity index (χ4v) is 3.53. The molecule has 0 unspecified atom stereocenters. The Labute approximate surface area is 138 Å². The van der Waals surface area contributed by atoms with Crippen molar-refractivity contribution in [3.8, 4) is 0 Å². The Morgan fingerprint density at radius 2 is 2.26 bits per heavy atom. The van der Waals surface area contributed by atoms with Gasteiger partial charge in [0.25, 0.3) is 0 Å². The van der Waals surface area contributed by atoms with Gasteiger partial charge in [-0.05, 0) is 50.6 Å². The highest BCUT2D eigenvalue weighted by atomic mass is 15.1. The van der Waals surface area contributed by atoms with Crippen molar-refractivity contribution in [3.05, 3.63) is 35.2 Å². The van der Waals surface area contributed by atoms with Crippen molar-refractivity contribution in [1.29, 1.82) is 0 Å². The second-order valence-corrected chi connectivity index (χ2v) is 6.94. The maximum Gasteiger partial charge on any atom is 0.106 e. The molecular formula is C18H29N5. The first-order chi connectivity index (χ1) is 11.2. The Morgan fingerprint density at radius 1 is 1.35 bits per heavy atom. The van der Waals surface area contributed by atoms with E-state index in [2.05, 4.69) is 38.9 Å². The standard InChI is InChI=1S/C18H29N5/c1-3-4-7-18-19-11-16(21-18)13-23-8-5-6-15(12-23)9-17-14(2)10-20-22-17/h10-11,15H,3-9,12-13H2,1-2H3,(H,19,21)(H,20,22)/t15-/m1/s1. The van der Waals surface area contributed by atoms with Gasteiger partial charge in [-0.2, -0.15) is 5.10 Å². The number of aromatic amines is 2. The van der Waals surface area contributed by atoms with E-state index in [0.717, 1.165) is 31.1 Å². The van der Waals surface area contributed by atoms with Crippen molar-refractivity contribution in [2.24, 2.45) is 5.92 Å². The van der Waals surface area contributed by atoms with Gasteiger partial charge in [0, 0.05) is 37.1 Å². The molecule has 0 bridgehead atoms. The molecule has 1 atom stereocenters. The molecule has 2 aromatic rings.